The Bertz CT molecular complexity index is 1000. The number of nitrogens with zero attached hydrogens (tertiary/aromatic N) is 1. The Labute approximate surface area is 145 Å². The number of carbonyl (C=O) groups excluding carboxylic acids is 1. The Balaban J connectivity index is 1.49. The van der Waals surface area contributed by atoms with E-state index in [0.717, 1.165) is 10.1 Å². The molecule has 0 unspecified atom stereocenters. The zero-order valence-corrected chi connectivity index (χ0v) is 13.8. The van der Waals surface area contributed by atoms with Crippen LogP contribution in [0.2, 0.25) is 5.02 Å². The predicted octanol–water partition coefficient (Wildman–Crippen LogP) is 5.16. The lowest BCUT2D eigenvalue weighted by Gasteiger charge is -2.00. The second-order valence-corrected chi connectivity index (χ2v) is 6.41. The van der Waals surface area contributed by atoms with Crippen molar-refractivity contribution in [2.75, 3.05) is 0 Å². The summed E-state index contributed by atoms with van der Waals surface area (Å²) in [5.41, 5.74) is 0.493. The van der Waals surface area contributed by atoms with Gasteiger partial charge in [0.15, 0.2) is 5.76 Å². The summed E-state index contributed by atoms with van der Waals surface area (Å²) in [6.45, 7) is -0.00633. The van der Waals surface area contributed by atoms with Crippen LogP contribution in [-0.2, 0) is 11.3 Å². The molecule has 0 saturated carbocycles. The lowest BCUT2D eigenvalue weighted by Crippen LogP contribution is -2.03. The van der Waals surface area contributed by atoms with Crippen LogP contribution in [0.15, 0.2) is 57.7 Å². The number of halogens is 1. The highest BCUT2D eigenvalue weighted by Gasteiger charge is 2.19. The molecule has 4 aromatic rings. The van der Waals surface area contributed by atoms with Crippen molar-refractivity contribution in [3.05, 3.63) is 64.3 Å². The third-order valence-corrected chi connectivity index (χ3v) is 5.05. The molecule has 24 heavy (non-hydrogen) atoms. The first-order chi connectivity index (χ1) is 11.7. The van der Waals surface area contributed by atoms with E-state index in [1.54, 1.807) is 24.5 Å². The van der Waals surface area contributed by atoms with E-state index < -0.39 is 5.97 Å². The van der Waals surface area contributed by atoms with Gasteiger partial charge in [-0.05, 0) is 18.2 Å². The van der Waals surface area contributed by atoms with Gasteiger partial charge in [-0.25, -0.2) is 4.79 Å². The number of thiophene rings is 1. The predicted molar refractivity (Wildman–Crippen MR) is 90.2 cm³/mol. The number of carbonyl (C=O) groups is 1. The Morgan fingerprint density at radius 1 is 1.21 bits per heavy atom. The molecule has 0 atom stereocenters. The molecule has 0 amide bonds. The molecular formula is C17H10ClNO4S. The van der Waals surface area contributed by atoms with Crippen LogP contribution >= 0.6 is 22.9 Å². The third kappa shape index (κ3) is 2.70. The van der Waals surface area contributed by atoms with Crippen molar-refractivity contribution in [1.82, 2.24) is 5.16 Å². The van der Waals surface area contributed by atoms with Crippen LogP contribution in [0.4, 0.5) is 0 Å². The number of fused-ring (bicyclic) bond motifs is 1. The molecule has 0 aliphatic heterocycles. The number of hydrogen-bond donors (Lipinski definition) is 0. The van der Waals surface area contributed by atoms with Gasteiger partial charge < -0.3 is 13.7 Å². The van der Waals surface area contributed by atoms with E-state index in [1.807, 2.05) is 24.3 Å². The van der Waals surface area contributed by atoms with Crippen molar-refractivity contribution in [2.45, 2.75) is 6.61 Å². The summed E-state index contributed by atoms with van der Waals surface area (Å²) in [6.07, 6.45) is 1.54. The normalized spacial score (nSPS) is 11.0. The fourth-order valence-corrected chi connectivity index (χ4v) is 3.67. The molecular weight excluding hydrogens is 350 g/mol. The highest BCUT2D eigenvalue weighted by Crippen LogP contribution is 2.35. The number of ether oxygens (including phenoxy) is 1. The van der Waals surface area contributed by atoms with Crippen LogP contribution in [0, 0.1) is 0 Å². The summed E-state index contributed by atoms with van der Waals surface area (Å²) >= 11 is 7.57. The maximum absolute atomic E-state index is 12.3. The number of aromatic nitrogens is 1. The molecule has 3 heterocycles. The van der Waals surface area contributed by atoms with Crippen molar-refractivity contribution >= 4 is 39.0 Å². The van der Waals surface area contributed by atoms with Gasteiger partial charge in [0.2, 0.25) is 5.76 Å². The number of benzene rings is 1. The molecule has 0 radical (unpaired) electrons. The summed E-state index contributed by atoms with van der Waals surface area (Å²) in [6, 6.07) is 12.7. The van der Waals surface area contributed by atoms with Gasteiger partial charge in [0.05, 0.1) is 11.3 Å². The van der Waals surface area contributed by atoms with E-state index >= 15 is 0 Å². The van der Waals surface area contributed by atoms with Gasteiger partial charge in [-0.1, -0.05) is 35.0 Å². The average Bonchev–Trinajstić information content (AvgIpc) is 3.33. The SMILES string of the molecule is O=C(OCc1cc(-c2ccco2)on1)c1sc2ccccc2c1Cl. The van der Waals surface area contributed by atoms with Gasteiger partial charge in [0.1, 0.15) is 17.2 Å². The molecule has 0 aliphatic carbocycles. The molecule has 0 bridgehead atoms. The van der Waals surface area contributed by atoms with Crippen LogP contribution in [-0.4, -0.2) is 11.1 Å². The highest BCUT2D eigenvalue weighted by atomic mass is 35.5. The molecule has 3 aromatic heterocycles. The van der Waals surface area contributed by atoms with E-state index in [1.165, 1.54) is 11.3 Å². The van der Waals surface area contributed by atoms with Gasteiger partial charge in [0.25, 0.3) is 0 Å². The second kappa shape index (κ2) is 6.14. The van der Waals surface area contributed by atoms with E-state index in [2.05, 4.69) is 5.16 Å². The minimum Gasteiger partial charge on any atom is -0.461 e. The van der Waals surface area contributed by atoms with Crippen molar-refractivity contribution < 1.29 is 18.5 Å². The lowest BCUT2D eigenvalue weighted by molar-refractivity contribution is 0.0470. The number of hydrogen-bond acceptors (Lipinski definition) is 6. The Morgan fingerprint density at radius 2 is 2.08 bits per heavy atom. The summed E-state index contributed by atoms with van der Waals surface area (Å²) in [4.78, 5) is 12.7. The topological polar surface area (TPSA) is 65.5 Å². The third-order valence-electron chi connectivity index (χ3n) is 3.39. The number of furan rings is 1. The van der Waals surface area contributed by atoms with Crippen LogP contribution in [0.25, 0.3) is 21.6 Å². The monoisotopic (exact) mass is 359 g/mol. The van der Waals surface area contributed by atoms with Crippen molar-refractivity contribution in [1.29, 1.82) is 0 Å². The molecule has 120 valence electrons. The molecule has 0 aliphatic rings. The van der Waals surface area contributed by atoms with Crippen LogP contribution < -0.4 is 0 Å². The van der Waals surface area contributed by atoms with E-state index in [0.29, 0.717) is 27.1 Å². The van der Waals surface area contributed by atoms with Crippen molar-refractivity contribution in [2.24, 2.45) is 0 Å². The molecule has 0 fully saturated rings. The zero-order chi connectivity index (χ0) is 16.5. The minimum absolute atomic E-state index is 0.00633. The number of esters is 1. The van der Waals surface area contributed by atoms with E-state index in [9.17, 15) is 4.79 Å². The molecule has 4 rings (SSSR count). The Hall–Kier alpha value is -2.57. The first-order valence-corrected chi connectivity index (χ1v) is 8.25. The standard InChI is InChI=1S/C17H10ClNO4S/c18-15-11-4-1-2-6-14(11)24-16(15)17(20)22-9-10-8-13(23-19-10)12-5-3-7-21-12/h1-8H,9H2. The number of rotatable bonds is 4. The second-order valence-electron chi connectivity index (χ2n) is 4.98. The first kappa shape index (κ1) is 15.0. The Kier molecular flexibility index (Phi) is 3.84. The fraction of sp³-hybridized carbons (Fsp3) is 0.0588. The van der Waals surface area contributed by atoms with Gasteiger partial charge >= 0.3 is 5.97 Å². The zero-order valence-electron chi connectivity index (χ0n) is 12.2. The van der Waals surface area contributed by atoms with Crippen molar-refractivity contribution in [3.8, 4) is 11.5 Å². The quantitative estimate of drug-likeness (QED) is 0.471. The van der Waals surface area contributed by atoms with Gasteiger partial charge in [0, 0.05) is 16.2 Å². The smallest absolute Gasteiger partial charge is 0.350 e. The summed E-state index contributed by atoms with van der Waals surface area (Å²) in [5, 5.41) is 5.12. The van der Waals surface area contributed by atoms with E-state index in [4.69, 9.17) is 25.3 Å². The molecule has 1 aromatic carbocycles. The maximum atomic E-state index is 12.3. The van der Waals surface area contributed by atoms with Gasteiger partial charge in [-0.2, -0.15) is 0 Å². The van der Waals surface area contributed by atoms with Gasteiger partial charge in [-0.3, -0.25) is 0 Å². The molecule has 0 spiro atoms. The van der Waals surface area contributed by atoms with E-state index in [-0.39, 0.29) is 6.61 Å². The molecule has 0 saturated heterocycles. The molecule has 5 nitrogen and oxygen atoms in total. The summed E-state index contributed by atoms with van der Waals surface area (Å²) in [7, 11) is 0. The van der Waals surface area contributed by atoms with Crippen molar-refractivity contribution in [3.63, 3.8) is 0 Å². The maximum Gasteiger partial charge on any atom is 0.350 e. The van der Waals surface area contributed by atoms with Crippen LogP contribution in [0.3, 0.4) is 0 Å². The average molecular weight is 360 g/mol. The molecule has 7 heteroatoms. The highest BCUT2D eigenvalue weighted by molar-refractivity contribution is 7.21. The Morgan fingerprint density at radius 3 is 2.88 bits per heavy atom. The fourth-order valence-electron chi connectivity index (χ4n) is 2.27. The lowest BCUT2D eigenvalue weighted by atomic mass is 10.2. The summed E-state index contributed by atoms with van der Waals surface area (Å²) in [5.74, 6) is 0.558. The first-order valence-electron chi connectivity index (χ1n) is 7.06. The van der Waals surface area contributed by atoms with Crippen LogP contribution in [0.5, 0.6) is 0 Å². The minimum atomic E-state index is -0.483. The van der Waals surface area contributed by atoms with Crippen LogP contribution in [0.1, 0.15) is 15.4 Å². The van der Waals surface area contributed by atoms with Gasteiger partial charge in [-0.15, -0.1) is 11.3 Å². The summed E-state index contributed by atoms with van der Waals surface area (Å²) < 4.78 is 16.6. The largest absolute Gasteiger partial charge is 0.461 e. The molecule has 0 N–H and O–H groups in total.